The van der Waals surface area contributed by atoms with Gasteiger partial charge in [0.25, 0.3) is 0 Å². The molecular formula is C16H13N3O. The molecule has 98 valence electrons. The van der Waals surface area contributed by atoms with Gasteiger partial charge in [-0.2, -0.15) is 5.26 Å². The number of aryl methyl sites for hydroxylation is 1. The van der Waals surface area contributed by atoms with Crippen molar-refractivity contribution in [3.8, 4) is 6.07 Å². The van der Waals surface area contributed by atoms with E-state index >= 15 is 0 Å². The molecule has 2 aliphatic rings. The number of carbonyl (C=O) groups is 1. The smallest absolute Gasteiger partial charge is 0.164 e. The summed E-state index contributed by atoms with van der Waals surface area (Å²) in [6.07, 6.45) is 6.27. The Kier molecular flexibility index (Phi) is 2.17. The largest absolute Gasteiger partial charge is 0.334 e. The lowest BCUT2D eigenvalue weighted by Gasteiger charge is -2.34. The molecule has 1 aliphatic heterocycles. The maximum atomic E-state index is 12.4. The molecule has 0 radical (unpaired) electrons. The van der Waals surface area contributed by atoms with Crippen LogP contribution in [0.3, 0.4) is 0 Å². The first kappa shape index (κ1) is 11.4. The molecule has 1 aromatic carbocycles. The lowest BCUT2D eigenvalue weighted by Crippen LogP contribution is -2.32. The quantitative estimate of drug-likeness (QED) is 0.733. The Balaban J connectivity index is 1.98. The van der Waals surface area contributed by atoms with Gasteiger partial charge in [0.2, 0.25) is 0 Å². The fraction of sp³-hybridized carbons (Fsp3) is 0.312. The highest BCUT2D eigenvalue weighted by Gasteiger charge is 2.47. The Morgan fingerprint density at radius 1 is 1.40 bits per heavy atom. The molecule has 0 amide bonds. The molecule has 4 heteroatoms. The maximum absolute atomic E-state index is 12.4. The monoisotopic (exact) mass is 263 g/mol. The highest BCUT2D eigenvalue weighted by Crippen LogP contribution is 2.49. The summed E-state index contributed by atoms with van der Waals surface area (Å²) in [6.45, 7) is 0.969. The van der Waals surface area contributed by atoms with E-state index in [4.69, 9.17) is 5.26 Å². The molecule has 1 aliphatic carbocycles. The first-order valence-corrected chi connectivity index (χ1v) is 6.83. The van der Waals surface area contributed by atoms with Crippen LogP contribution in [0, 0.1) is 11.3 Å². The van der Waals surface area contributed by atoms with Crippen molar-refractivity contribution in [2.45, 2.75) is 31.2 Å². The van der Waals surface area contributed by atoms with Crippen LogP contribution in [-0.2, 0) is 12.0 Å². The van der Waals surface area contributed by atoms with Gasteiger partial charge in [-0.1, -0.05) is 6.07 Å². The Bertz CT molecular complexity index is 768. The van der Waals surface area contributed by atoms with Crippen LogP contribution < -0.4 is 0 Å². The number of hydrogen-bond donors (Lipinski definition) is 0. The Morgan fingerprint density at radius 3 is 3.15 bits per heavy atom. The minimum atomic E-state index is -0.227. The molecule has 0 saturated carbocycles. The Hall–Kier alpha value is -2.41. The molecule has 1 spiro atoms. The van der Waals surface area contributed by atoms with Gasteiger partial charge < -0.3 is 4.57 Å². The van der Waals surface area contributed by atoms with Crippen molar-refractivity contribution in [1.82, 2.24) is 9.55 Å². The summed E-state index contributed by atoms with van der Waals surface area (Å²) in [4.78, 5) is 16.7. The fourth-order valence-corrected chi connectivity index (χ4v) is 3.75. The molecule has 0 saturated heterocycles. The van der Waals surface area contributed by atoms with Gasteiger partial charge in [-0.25, -0.2) is 4.98 Å². The molecule has 0 fully saturated rings. The molecule has 2 heterocycles. The van der Waals surface area contributed by atoms with Crippen LogP contribution in [0.4, 0.5) is 0 Å². The van der Waals surface area contributed by atoms with E-state index in [1.54, 1.807) is 6.07 Å². The number of carbonyl (C=O) groups excluding carboxylic acids is 1. The molecule has 0 N–H and O–H groups in total. The van der Waals surface area contributed by atoms with E-state index < -0.39 is 0 Å². The predicted molar refractivity (Wildman–Crippen MR) is 72.3 cm³/mol. The van der Waals surface area contributed by atoms with Crippen molar-refractivity contribution in [3.05, 3.63) is 53.1 Å². The summed E-state index contributed by atoms with van der Waals surface area (Å²) in [5.74, 6) is 0.145. The standard InChI is InChI=1S/C16H13N3O/c17-8-11-2-3-13-12(6-11)14(20)7-16(13)4-1-5-19-10-18-9-15(16)19/h2-3,6,9-10H,1,4-5,7H2. The van der Waals surface area contributed by atoms with E-state index in [0.29, 0.717) is 12.0 Å². The second kappa shape index (κ2) is 3.80. The number of imidazole rings is 1. The van der Waals surface area contributed by atoms with Crippen molar-refractivity contribution in [3.63, 3.8) is 0 Å². The van der Waals surface area contributed by atoms with E-state index in [2.05, 4.69) is 15.6 Å². The number of nitriles is 1. The number of fused-ring (bicyclic) bond motifs is 4. The summed E-state index contributed by atoms with van der Waals surface area (Å²) in [7, 11) is 0. The van der Waals surface area contributed by atoms with Crippen molar-refractivity contribution in [2.75, 3.05) is 0 Å². The van der Waals surface area contributed by atoms with Gasteiger partial charge >= 0.3 is 0 Å². The van der Waals surface area contributed by atoms with Gasteiger partial charge in [0.05, 0.1) is 18.0 Å². The third-order valence-electron chi connectivity index (χ3n) is 4.63. The van der Waals surface area contributed by atoms with Crippen molar-refractivity contribution >= 4 is 5.78 Å². The van der Waals surface area contributed by atoms with E-state index in [9.17, 15) is 4.79 Å². The zero-order valence-electron chi connectivity index (χ0n) is 11.0. The van der Waals surface area contributed by atoms with Gasteiger partial charge in [-0.05, 0) is 30.5 Å². The summed E-state index contributed by atoms with van der Waals surface area (Å²) >= 11 is 0. The Morgan fingerprint density at radius 2 is 2.30 bits per heavy atom. The lowest BCUT2D eigenvalue weighted by molar-refractivity contribution is 0.0973. The van der Waals surface area contributed by atoms with Gasteiger partial charge in [0.15, 0.2) is 5.78 Å². The van der Waals surface area contributed by atoms with E-state index in [1.165, 1.54) is 0 Å². The molecule has 1 aromatic heterocycles. The summed E-state index contributed by atoms with van der Waals surface area (Å²) in [5, 5.41) is 9.01. The second-order valence-corrected chi connectivity index (χ2v) is 5.63. The number of aromatic nitrogens is 2. The topological polar surface area (TPSA) is 58.7 Å². The molecular weight excluding hydrogens is 250 g/mol. The first-order valence-electron chi connectivity index (χ1n) is 6.83. The van der Waals surface area contributed by atoms with Gasteiger partial charge in [0, 0.05) is 35.8 Å². The number of hydrogen-bond acceptors (Lipinski definition) is 3. The van der Waals surface area contributed by atoms with Crippen LogP contribution in [0.5, 0.6) is 0 Å². The number of nitrogens with zero attached hydrogens (tertiary/aromatic N) is 3. The van der Waals surface area contributed by atoms with E-state index in [1.807, 2.05) is 24.7 Å². The van der Waals surface area contributed by atoms with Crippen molar-refractivity contribution in [1.29, 1.82) is 5.26 Å². The zero-order chi connectivity index (χ0) is 13.7. The molecule has 0 bridgehead atoms. The fourth-order valence-electron chi connectivity index (χ4n) is 3.75. The molecule has 4 nitrogen and oxygen atoms in total. The van der Waals surface area contributed by atoms with Crippen LogP contribution in [0.1, 0.15) is 46.4 Å². The van der Waals surface area contributed by atoms with Crippen LogP contribution in [0.15, 0.2) is 30.7 Å². The first-order chi connectivity index (χ1) is 9.74. The van der Waals surface area contributed by atoms with Crippen molar-refractivity contribution < 1.29 is 4.79 Å². The van der Waals surface area contributed by atoms with Crippen LogP contribution in [0.2, 0.25) is 0 Å². The number of Topliss-reactive ketones (excluding diaryl/α,β-unsaturated/α-hetero) is 1. The number of ketones is 1. The summed E-state index contributed by atoms with van der Waals surface area (Å²) in [6, 6.07) is 7.62. The molecule has 1 atom stereocenters. The predicted octanol–water partition coefficient (Wildman–Crippen LogP) is 2.42. The van der Waals surface area contributed by atoms with Gasteiger partial charge in [-0.3, -0.25) is 4.79 Å². The average Bonchev–Trinajstić information content (AvgIpc) is 3.05. The Labute approximate surface area is 116 Å². The second-order valence-electron chi connectivity index (χ2n) is 5.63. The van der Waals surface area contributed by atoms with Crippen molar-refractivity contribution in [2.24, 2.45) is 0 Å². The molecule has 2 aromatic rings. The van der Waals surface area contributed by atoms with E-state index in [0.717, 1.165) is 36.2 Å². The number of rotatable bonds is 0. The average molecular weight is 263 g/mol. The van der Waals surface area contributed by atoms with E-state index in [-0.39, 0.29) is 11.2 Å². The number of benzene rings is 1. The maximum Gasteiger partial charge on any atom is 0.164 e. The van der Waals surface area contributed by atoms with Gasteiger partial charge in [0.1, 0.15) is 0 Å². The van der Waals surface area contributed by atoms with Crippen LogP contribution in [0.25, 0.3) is 0 Å². The minimum absolute atomic E-state index is 0.145. The highest BCUT2D eigenvalue weighted by molar-refractivity contribution is 6.03. The van der Waals surface area contributed by atoms with Gasteiger partial charge in [-0.15, -0.1) is 0 Å². The van der Waals surface area contributed by atoms with Crippen LogP contribution >= 0.6 is 0 Å². The summed E-state index contributed by atoms with van der Waals surface area (Å²) in [5.41, 5.74) is 3.26. The highest BCUT2D eigenvalue weighted by atomic mass is 16.1. The molecule has 20 heavy (non-hydrogen) atoms. The minimum Gasteiger partial charge on any atom is -0.334 e. The third-order valence-corrected chi connectivity index (χ3v) is 4.63. The lowest BCUT2D eigenvalue weighted by atomic mass is 9.73. The van der Waals surface area contributed by atoms with Crippen LogP contribution in [-0.4, -0.2) is 15.3 Å². The summed E-state index contributed by atoms with van der Waals surface area (Å²) < 4.78 is 2.16. The third kappa shape index (κ3) is 1.30. The SMILES string of the molecule is N#Cc1ccc2c(c1)C(=O)CC21CCCn2cncc21. The molecule has 1 unspecified atom stereocenters. The normalized spacial score (nSPS) is 23.4. The molecule has 4 rings (SSSR count). The zero-order valence-corrected chi connectivity index (χ0v) is 11.0.